The quantitative estimate of drug-likeness (QED) is 0.359. The molecule has 0 aliphatic rings. The van der Waals surface area contributed by atoms with E-state index in [9.17, 15) is 0 Å². The van der Waals surface area contributed by atoms with Crippen LogP contribution in [0.3, 0.4) is 0 Å². The van der Waals surface area contributed by atoms with E-state index in [0.717, 1.165) is 28.2 Å². The number of methoxy groups -OCH3 is 2. The summed E-state index contributed by atoms with van der Waals surface area (Å²) in [7, 11) is 3.33. The molecule has 0 heterocycles. The molecule has 28 heavy (non-hydrogen) atoms. The van der Waals surface area contributed by atoms with Gasteiger partial charge in [-0.25, -0.2) is 6.57 Å². The molecule has 0 fully saturated rings. The maximum atomic E-state index is 7.18. The molecule has 0 bridgehead atoms. The molecule has 4 nitrogen and oxygen atoms in total. The van der Waals surface area contributed by atoms with Crippen LogP contribution < -0.4 is 14.8 Å². The summed E-state index contributed by atoms with van der Waals surface area (Å²) >= 11 is 0. The molecule has 4 heteroatoms. The molecular weight excluding hydrogens is 348 g/mol. The van der Waals surface area contributed by atoms with Gasteiger partial charge in [0, 0.05) is 0 Å². The van der Waals surface area contributed by atoms with Crippen LogP contribution in [0, 0.1) is 6.57 Å². The lowest BCUT2D eigenvalue weighted by Crippen LogP contribution is -2.45. The normalized spacial score (nSPS) is 10.9. The van der Waals surface area contributed by atoms with Gasteiger partial charge in [-0.15, -0.1) is 0 Å². The molecule has 1 N–H and O–H groups in total. The van der Waals surface area contributed by atoms with Crippen LogP contribution in [0.2, 0.25) is 0 Å². The largest absolute Gasteiger partial charge is 0.497 e. The summed E-state index contributed by atoms with van der Waals surface area (Å²) in [6.07, 6.45) is 0. The topological polar surface area (TPSA) is 34.9 Å². The van der Waals surface area contributed by atoms with Gasteiger partial charge in [-0.05, 0) is 41.0 Å². The van der Waals surface area contributed by atoms with E-state index < -0.39 is 5.54 Å². The van der Waals surface area contributed by atoms with Crippen LogP contribution in [0.1, 0.15) is 16.7 Å². The first kappa shape index (κ1) is 19.5. The fraction of sp³-hybridized carbons (Fsp3) is 0.208. The molecule has 3 rings (SSSR count). The van der Waals surface area contributed by atoms with E-state index in [1.807, 2.05) is 42.5 Å². The van der Waals surface area contributed by atoms with Gasteiger partial charge >= 0.3 is 0 Å². The van der Waals surface area contributed by atoms with Crippen LogP contribution >= 0.6 is 0 Å². The maximum Gasteiger partial charge on any atom is 0.227 e. The van der Waals surface area contributed by atoms with Crippen LogP contribution in [0.15, 0.2) is 78.9 Å². The van der Waals surface area contributed by atoms with Gasteiger partial charge in [-0.3, -0.25) is 5.32 Å². The molecule has 0 saturated carbocycles. The number of hydrogen-bond donors (Lipinski definition) is 1. The van der Waals surface area contributed by atoms with Crippen molar-refractivity contribution in [1.29, 1.82) is 0 Å². The van der Waals surface area contributed by atoms with Crippen molar-refractivity contribution in [2.75, 3.05) is 27.3 Å². The average Bonchev–Trinajstić information content (AvgIpc) is 2.78. The van der Waals surface area contributed by atoms with Crippen LogP contribution in [-0.4, -0.2) is 27.3 Å². The summed E-state index contributed by atoms with van der Waals surface area (Å²) in [6, 6.07) is 26.4. The van der Waals surface area contributed by atoms with E-state index >= 15 is 0 Å². The highest BCUT2D eigenvalue weighted by Gasteiger charge is 2.36. The second-order valence-electron chi connectivity index (χ2n) is 6.38. The van der Waals surface area contributed by atoms with Gasteiger partial charge < -0.3 is 14.3 Å². The van der Waals surface area contributed by atoms with E-state index in [-0.39, 0.29) is 0 Å². The number of rotatable bonds is 8. The molecule has 0 unspecified atom stereocenters. The lowest BCUT2D eigenvalue weighted by molar-refractivity contribution is 0.412. The Bertz CT molecular complexity index is 866. The van der Waals surface area contributed by atoms with E-state index in [1.165, 1.54) is 0 Å². The fourth-order valence-electron chi connectivity index (χ4n) is 3.48. The summed E-state index contributed by atoms with van der Waals surface area (Å²) in [6.45, 7) is 8.15. The number of nitrogens with zero attached hydrogens (tertiary/aromatic N) is 1. The minimum Gasteiger partial charge on any atom is -0.497 e. The zero-order chi connectivity index (χ0) is 19.8. The maximum absolute atomic E-state index is 7.18. The van der Waals surface area contributed by atoms with Crippen molar-refractivity contribution in [3.63, 3.8) is 0 Å². The first-order valence-electron chi connectivity index (χ1n) is 9.17. The molecular formula is C24H24N2O2. The average molecular weight is 372 g/mol. The zero-order valence-electron chi connectivity index (χ0n) is 16.2. The van der Waals surface area contributed by atoms with Crippen LogP contribution in [0.25, 0.3) is 4.85 Å². The lowest BCUT2D eigenvalue weighted by Gasteiger charge is -2.36. The van der Waals surface area contributed by atoms with Crippen molar-refractivity contribution in [3.05, 3.63) is 107 Å². The fourth-order valence-corrected chi connectivity index (χ4v) is 3.48. The molecule has 0 atom stereocenters. The molecule has 142 valence electrons. The van der Waals surface area contributed by atoms with E-state index in [0.29, 0.717) is 13.1 Å². The summed E-state index contributed by atoms with van der Waals surface area (Å²) < 4.78 is 10.7. The number of ether oxygens (including phenoxy) is 2. The molecule has 0 saturated heterocycles. The highest BCUT2D eigenvalue weighted by molar-refractivity contribution is 5.51. The third-order valence-electron chi connectivity index (χ3n) is 4.87. The second-order valence-corrected chi connectivity index (χ2v) is 6.38. The predicted octanol–water partition coefficient (Wildman–Crippen LogP) is 4.50. The number of hydrogen-bond acceptors (Lipinski definition) is 3. The summed E-state index contributed by atoms with van der Waals surface area (Å²) in [5.74, 6) is 1.61. The molecule has 3 aromatic carbocycles. The van der Waals surface area contributed by atoms with Crippen molar-refractivity contribution in [1.82, 2.24) is 5.32 Å². The summed E-state index contributed by atoms with van der Waals surface area (Å²) in [5, 5.41) is 3.66. The van der Waals surface area contributed by atoms with Crippen molar-refractivity contribution in [2.24, 2.45) is 0 Å². The standard InChI is InChI=1S/C24H24N2O2/c1-25-17-18-26-24(19-7-5-4-6-8-19,20-9-13-22(27-2)14-10-20)21-11-15-23(28-3)16-12-21/h4-16,26H,17-18H2,2-3H3. The van der Waals surface area contributed by atoms with Crippen LogP contribution in [0.5, 0.6) is 11.5 Å². The molecule has 3 aromatic rings. The van der Waals surface area contributed by atoms with Crippen LogP contribution in [0.4, 0.5) is 0 Å². The van der Waals surface area contributed by atoms with E-state index in [2.05, 4.69) is 46.6 Å². The minimum atomic E-state index is -0.593. The highest BCUT2D eigenvalue weighted by Crippen LogP contribution is 2.38. The second kappa shape index (κ2) is 9.07. The first-order chi connectivity index (χ1) is 13.7. The Kier molecular flexibility index (Phi) is 6.31. The molecule has 0 spiro atoms. The third-order valence-corrected chi connectivity index (χ3v) is 4.87. The Labute approximate surface area is 166 Å². The molecule has 0 amide bonds. The van der Waals surface area contributed by atoms with Crippen LogP contribution in [-0.2, 0) is 5.54 Å². The van der Waals surface area contributed by atoms with Crippen molar-refractivity contribution < 1.29 is 9.47 Å². The lowest BCUT2D eigenvalue weighted by atomic mass is 9.77. The first-order valence-corrected chi connectivity index (χ1v) is 9.17. The smallest absolute Gasteiger partial charge is 0.227 e. The van der Waals surface area contributed by atoms with Gasteiger partial charge in [-0.2, -0.15) is 0 Å². The molecule has 0 radical (unpaired) electrons. The molecule has 0 aromatic heterocycles. The Morgan fingerprint density at radius 3 is 1.64 bits per heavy atom. The summed E-state index contributed by atoms with van der Waals surface area (Å²) in [4.78, 5) is 3.52. The predicted molar refractivity (Wildman–Crippen MR) is 112 cm³/mol. The van der Waals surface area contributed by atoms with Gasteiger partial charge in [0.05, 0.1) is 26.3 Å². The van der Waals surface area contributed by atoms with Crippen molar-refractivity contribution in [2.45, 2.75) is 5.54 Å². The summed E-state index contributed by atoms with van der Waals surface area (Å²) in [5.41, 5.74) is 2.67. The number of benzene rings is 3. The Morgan fingerprint density at radius 2 is 1.21 bits per heavy atom. The Morgan fingerprint density at radius 1 is 0.750 bits per heavy atom. The van der Waals surface area contributed by atoms with Gasteiger partial charge in [0.25, 0.3) is 0 Å². The SMILES string of the molecule is [C-]#[N+]CCNC(c1ccccc1)(c1ccc(OC)cc1)c1ccc(OC)cc1. The van der Waals surface area contributed by atoms with Gasteiger partial charge in [-0.1, -0.05) is 54.6 Å². The zero-order valence-corrected chi connectivity index (χ0v) is 16.2. The van der Waals surface area contributed by atoms with Gasteiger partial charge in [0.15, 0.2) is 0 Å². The van der Waals surface area contributed by atoms with Gasteiger partial charge in [0.2, 0.25) is 6.54 Å². The van der Waals surface area contributed by atoms with E-state index in [4.69, 9.17) is 16.0 Å². The van der Waals surface area contributed by atoms with Crippen molar-refractivity contribution in [3.8, 4) is 11.5 Å². The number of nitrogens with one attached hydrogen (secondary N) is 1. The van der Waals surface area contributed by atoms with Crippen molar-refractivity contribution >= 4 is 0 Å². The highest BCUT2D eigenvalue weighted by atomic mass is 16.5. The monoisotopic (exact) mass is 372 g/mol. The third kappa shape index (κ3) is 3.85. The molecule has 0 aliphatic carbocycles. The van der Waals surface area contributed by atoms with Gasteiger partial charge in [0.1, 0.15) is 11.5 Å². The molecule has 0 aliphatic heterocycles. The Balaban J connectivity index is 2.21. The Hall–Kier alpha value is -3.29. The van der Waals surface area contributed by atoms with E-state index in [1.54, 1.807) is 14.2 Å². The minimum absolute atomic E-state index is 0.404.